The molecule has 0 aliphatic carbocycles. The molecule has 0 fully saturated rings. The van der Waals surface area contributed by atoms with Crippen LogP contribution >= 0.6 is 0 Å². The summed E-state index contributed by atoms with van der Waals surface area (Å²) in [6.07, 6.45) is 17.4. The maximum absolute atomic E-state index is 10.3. The highest BCUT2D eigenvalue weighted by atomic mass is 16.4. The molecule has 0 spiro atoms. The van der Waals surface area contributed by atoms with E-state index in [1.165, 1.54) is 32.1 Å². The van der Waals surface area contributed by atoms with E-state index in [4.69, 9.17) is 5.11 Å². The van der Waals surface area contributed by atoms with Crippen LogP contribution in [-0.2, 0) is 4.79 Å². The molecule has 0 amide bonds. The van der Waals surface area contributed by atoms with Gasteiger partial charge in [0.05, 0.1) is 6.10 Å². The van der Waals surface area contributed by atoms with Gasteiger partial charge in [-0.05, 0) is 25.7 Å². The standard InChI is InChI=1S/C18H34O3/c1-2-3-4-11-14-17(19)15-12-9-7-5-6-8-10-13-16-18(20)21/h12,15,17,19H,2-11,13-14,16H2,1H3,(H,20,21)/b15-12+. The van der Waals surface area contributed by atoms with Crippen LogP contribution in [0.25, 0.3) is 0 Å². The Labute approximate surface area is 130 Å². The molecular weight excluding hydrogens is 264 g/mol. The summed E-state index contributed by atoms with van der Waals surface area (Å²) in [6, 6.07) is 0. The summed E-state index contributed by atoms with van der Waals surface area (Å²) in [6.45, 7) is 2.20. The van der Waals surface area contributed by atoms with Gasteiger partial charge in [-0.15, -0.1) is 0 Å². The zero-order chi connectivity index (χ0) is 15.8. The first kappa shape index (κ1) is 20.2. The summed E-state index contributed by atoms with van der Waals surface area (Å²) in [4.78, 5) is 10.3. The van der Waals surface area contributed by atoms with Gasteiger partial charge in [-0.25, -0.2) is 0 Å². The molecule has 124 valence electrons. The molecule has 0 heterocycles. The molecule has 3 heteroatoms. The lowest BCUT2D eigenvalue weighted by Gasteiger charge is -2.04. The van der Waals surface area contributed by atoms with Gasteiger partial charge in [0.2, 0.25) is 0 Å². The molecule has 0 bridgehead atoms. The van der Waals surface area contributed by atoms with Crippen LogP contribution in [0.1, 0.15) is 90.4 Å². The van der Waals surface area contributed by atoms with Gasteiger partial charge in [0, 0.05) is 6.42 Å². The van der Waals surface area contributed by atoms with Crippen molar-refractivity contribution in [2.45, 2.75) is 96.5 Å². The molecule has 2 N–H and O–H groups in total. The first-order valence-electron chi connectivity index (χ1n) is 8.73. The summed E-state index contributed by atoms with van der Waals surface area (Å²) < 4.78 is 0. The topological polar surface area (TPSA) is 57.5 Å². The highest BCUT2D eigenvalue weighted by molar-refractivity contribution is 5.66. The number of aliphatic carboxylic acids is 1. The van der Waals surface area contributed by atoms with Crippen LogP contribution in [0, 0.1) is 0 Å². The third-order valence-corrected chi connectivity index (χ3v) is 3.72. The van der Waals surface area contributed by atoms with Gasteiger partial charge in [-0.3, -0.25) is 4.79 Å². The van der Waals surface area contributed by atoms with Crippen molar-refractivity contribution in [2.75, 3.05) is 0 Å². The second-order valence-electron chi connectivity index (χ2n) is 5.90. The van der Waals surface area contributed by atoms with Crippen LogP contribution in [0.4, 0.5) is 0 Å². The maximum Gasteiger partial charge on any atom is 0.303 e. The Morgan fingerprint density at radius 1 is 0.952 bits per heavy atom. The number of aliphatic hydroxyl groups excluding tert-OH is 1. The summed E-state index contributed by atoms with van der Waals surface area (Å²) in [5.41, 5.74) is 0. The third kappa shape index (κ3) is 17.1. The number of hydrogen-bond donors (Lipinski definition) is 2. The molecule has 0 rings (SSSR count). The van der Waals surface area contributed by atoms with Crippen LogP contribution in [0.5, 0.6) is 0 Å². The lowest BCUT2D eigenvalue weighted by molar-refractivity contribution is -0.137. The monoisotopic (exact) mass is 298 g/mol. The second-order valence-corrected chi connectivity index (χ2v) is 5.90. The SMILES string of the molecule is CCCCCCC(O)/C=C/CCCCCCCCC(=O)O. The minimum atomic E-state index is -0.687. The van der Waals surface area contributed by atoms with Crippen molar-refractivity contribution in [1.29, 1.82) is 0 Å². The van der Waals surface area contributed by atoms with Gasteiger partial charge in [-0.1, -0.05) is 70.4 Å². The lowest BCUT2D eigenvalue weighted by atomic mass is 10.1. The molecule has 0 aromatic carbocycles. The van der Waals surface area contributed by atoms with E-state index in [2.05, 4.69) is 13.0 Å². The molecule has 1 atom stereocenters. The van der Waals surface area contributed by atoms with Gasteiger partial charge in [0.25, 0.3) is 0 Å². The molecular formula is C18H34O3. The van der Waals surface area contributed by atoms with E-state index in [0.717, 1.165) is 44.9 Å². The number of carboxylic acids is 1. The van der Waals surface area contributed by atoms with E-state index >= 15 is 0 Å². The van der Waals surface area contributed by atoms with Crippen molar-refractivity contribution >= 4 is 5.97 Å². The van der Waals surface area contributed by atoms with Crippen LogP contribution in [0.15, 0.2) is 12.2 Å². The molecule has 0 aliphatic rings. The van der Waals surface area contributed by atoms with E-state index in [0.29, 0.717) is 6.42 Å². The van der Waals surface area contributed by atoms with E-state index in [1.807, 2.05) is 6.08 Å². The average Bonchev–Trinajstić information content (AvgIpc) is 2.45. The Morgan fingerprint density at radius 3 is 2.24 bits per heavy atom. The van der Waals surface area contributed by atoms with Crippen LogP contribution in [-0.4, -0.2) is 22.3 Å². The molecule has 0 aromatic heterocycles. The highest BCUT2D eigenvalue weighted by Crippen LogP contribution is 2.10. The lowest BCUT2D eigenvalue weighted by Crippen LogP contribution is -2.01. The fraction of sp³-hybridized carbons (Fsp3) is 0.833. The summed E-state index contributed by atoms with van der Waals surface area (Å²) in [5.74, 6) is -0.687. The molecule has 0 saturated carbocycles. The van der Waals surface area contributed by atoms with E-state index in [-0.39, 0.29) is 6.10 Å². The van der Waals surface area contributed by atoms with Crippen molar-refractivity contribution in [1.82, 2.24) is 0 Å². The number of hydrogen-bond acceptors (Lipinski definition) is 2. The molecule has 0 radical (unpaired) electrons. The Morgan fingerprint density at radius 2 is 1.57 bits per heavy atom. The molecule has 0 aliphatic heterocycles. The smallest absolute Gasteiger partial charge is 0.303 e. The highest BCUT2D eigenvalue weighted by Gasteiger charge is 1.98. The fourth-order valence-corrected chi connectivity index (χ4v) is 2.38. The number of unbranched alkanes of at least 4 members (excludes halogenated alkanes) is 9. The van der Waals surface area contributed by atoms with Crippen molar-refractivity contribution in [3.8, 4) is 0 Å². The minimum absolute atomic E-state index is 0.266. The molecule has 21 heavy (non-hydrogen) atoms. The van der Waals surface area contributed by atoms with Gasteiger partial charge in [0.1, 0.15) is 0 Å². The predicted octanol–water partition coefficient (Wildman–Crippen LogP) is 5.08. The van der Waals surface area contributed by atoms with Crippen molar-refractivity contribution in [2.24, 2.45) is 0 Å². The van der Waals surface area contributed by atoms with Gasteiger partial charge in [-0.2, -0.15) is 0 Å². The minimum Gasteiger partial charge on any atom is -0.481 e. The van der Waals surface area contributed by atoms with Gasteiger partial charge < -0.3 is 10.2 Å². The average molecular weight is 298 g/mol. The van der Waals surface area contributed by atoms with Crippen LogP contribution in [0.2, 0.25) is 0 Å². The Balaban J connectivity index is 3.25. The van der Waals surface area contributed by atoms with Gasteiger partial charge in [0.15, 0.2) is 0 Å². The first-order valence-corrected chi connectivity index (χ1v) is 8.73. The zero-order valence-electron chi connectivity index (χ0n) is 13.7. The molecule has 0 aromatic rings. The fourth-order valence-electron chi connectivity index (χ4n) is 2.38. The summed E-state index contributed by atoms with van der Waals surface area (Å²) in [7, 11) is 0. The van der Waals surface area contributed by atoms with Crippen LogP contribution < -0.4 is 0 Å². The number of aliphatic hydroxyl groups is 1. The third-order valence-electron chi connectivity index (χ3n) is 3.72. The second kappa shape index (κ2) is 15.6. The Kier molecular flexibility index (Phi) is 14.9. The zero-order valence-corrected chi connectivity index (χ0v) is 13.7. The quantitative estimate of drug-likeness (QED) is 0.327. The maximum atomic E-state index is 10.3. The first-order chi connectivity index (χ1) is 10.2. The number of rotatable bonds is 15. The van der Waals surface area contributed by atoms with Crippen LogP contribution in [0.3, 0.4) is 0 Å². The molecule has 1 unspecified atom stereocenters. The summed E-state index contributed by atoms with van der Waals surface area (Å²) in [5, 5.41) is 18.3. The van der Waals surface area contributed by atoms with Gasteiger partial charge >= 0.3 is 5.97 Å². The van der Waals surface area contributed by atoms with Crippen molar-refractivity contribution in [3.05, 3.63) is 12.2 Å². The summed E-state index contributed by atoms with van der Waals surface area (Å²) >= 11 is 0. The van der Waals surface area contributed by atoms with Crippen molar-refractivity contribution in [3.63, 3.8) is 0 Å². The predicted molar refractivity (Wildman–Crippen MR) is 88.5 cm³/mol. The van der Waals surface area contributed by atoms with E-state index < -0.39 is 5.97 Å². The number of carboxylic acid groups (broad SMARTS) is 1. The molecule has 3 nitrogen and oxygen atoms in total. The Hall–Kier alpha value is -0.830. The number of carbonyl (C=O) groups is 1. The van der Waals surface area contributed by atoms with Crippen molar-refractivity contribution < 1.29 is 15.0 Å². The Bertz CT molecular complexity index is 261. The normalized spacial score (nSPS) is 12.9. The van der Waals surface area contributed by atoms with E-state index in [1.54, 1.807) is 0 Å². The van der Waals surface area contributed by atoms with E-state index in [9.17, 15) is 9.90 Å². The largest absolute Gasteiger partial charge is 0.481 e. The molecule has 0 saturated heterocycles. The number of allylic oxidation sites excluding steroid dienone is 1.